The van der Waals surface area contributed by atoms with E-state index in [1.807, 2.05) is 11.9 Å². The molecule has 4 rings (SSSR count). The minimum absolute atomic E-state index is 0.0592. The molecule has 0 saturated carbocycles. The average molecular weight is 526 g/mol. The number of hydrogen-bond acceptors (Lipinski definition) is 10. The van der Waals surface area contributed by atoms with Crippen LogP contribution in [0.25, 0.3) is 0 Å². The summed E-state index contributed by atoms with van der Waals surface area (Å²) in [4.78, 5) is 19.8. The minimum atomic E-state index is -3.74. The number of ether oxygens (including phenoxy) is 2. The summed E-state index contributed by atoms with van der Waals surface area (Å²) in [6, 6.07) is 1.03. The Labute approximate surface area is 213 Å². The third-order valence-corrected chi connectivity index (χ3v) is 9.09. The monoisotopic (exact) mass is 525 g/mol. The quantitative estimate of drug-likeness (QED) is 0.368. The van der Waals surface area contributed by atoms with Gasteiger partial charge in [-0.15, -0.1) is 0 Å². The van der Waals surface area contributed by atoms with Gasteiger partial charge < -0.3 is 19.7 Å². The van der Waals surface area contributed by atoms with Crippen LogP contribution >= 0.6 is 0 Å². The maximum Gasteiger partial charge on any atom is 0.244 e. The van der Waals surface area contributed by atoms with Crippen LogP contribution in [-0.4, -0.2) is 111 Å². The molecule has 0 aliphatic carbocycles. The number of pyridine rings is 1. The second kappa shape index (κ2) is 11.7. The molecule has 3 aliphatic rings. The van der Waals surface area contributed by atoms with Gasteiger partial charge in [0.2, 0.25) is 21.8 Å². The molecule has 12 nitrogen and oxygen atoms in total. The van der Waals surface area contributed by atoms with Gasteiger partial charge in [0, 0.05) is 45.9 Å². The molecule has 3 N–H and O–H groups in total. The first-order valence-corrected chi connectivity index (χ1v) is 14.2. The largest absolute Gasteiger partial charge is 0.478 e. The number of piperazine rings is 1. The van der Waals surface area contributed by atoms with Crippen LogP contribution in [0.3, 0.4) is 0 Å². The number of sulfonamides is 1. The number of hydrazine groups is 1. The van der Waals surface area contributed by atoms with Crippen LogP contribution in [0, 0.1) is 0 Å². The first kappa shape index (κ1) is 27.2. The molecule has 202 valence electrons. The molecule has 4 unspecified atom stereocenters. The molecule has 3 saturated heterocycles. The first-order chi connectivity index (χ1) is 17.3. The highest BCUT2D eigenvalue weighted by Gasteiger charge is 2.48. The fraction of sp³-hybridized carbons (Fsp3) is 0.739. The Hall–Kier alpha value is -1.87. The van der Waals surface area contributed by atoms with E-state index < -0.39 is 22.2 Å². The summed E-state index contributed by atoms with van der Waals surface area (Å²) in [5.74, 6) is 0.146. The highest BCUT2D eigenvalue weighted by Crippen LogP contribution is 2.31. The molecule has 1 aromatic rings. The molecular weight excluding hydrogens is 486 g/mol. The zero-order valence-electron chi connectivity index (χ0n) is 21.6. The number of carbonyl (C=O) groups is 1. The highest BCUT2D eigenvalue weighted by atomic mass is 32.2. The molecule has 4 heterocycles. The van der Waals surface area contributed by atoms with Crippen molar-refractivity contribution in [1.82, 2.24) is 35.3 Å². The third kappa shape index (κ3) is 5.37. The zero-order chi connectivity index (χ0) is 25.9. The standard InChI is InChI=1S/C23H39N7O5S/c1-5-18-19-20(27-30(18)12-13-34-4)22(31)26-21(25-19)17-14-16(15-24-23(17)35-7-3)36(32,33)29-10-8-28(6-2)9-11-29/h14-15,18-21,25,27H,5-13H2,1-4H3,(H,26,31). The molecule has 3 fully saturated rings. The number of nitrogens with zero attached hydrogens (tertiary/aromatic N) is 4. The number of carbonyl (C=O) groups excluding carboxylic acids is 1. The van der Waals surface area contributed by atoms with Crippen LogP contribution in [0.2, 0.25) is 0 Å². The van der Waals surface area contributed by atoms with Crippen molar-refractivity contribution in [2.24, 2.45) is 0 Å². The molecule has 0 spiro atoms. The maximum absolute atomic E-state index is 13.5. The fourth-order valence-corrected chi connectivity index (χ4v) is 6.62. The van der Waals surface area contributed by atoms with Gasteiger partial charge >= 0.3 is 0 Å². The van der Waals surface area contributed by atoms with E-state index in [-0.39, 0.29) is 22.9 Å². The first-order valence-electron chi connectivity index (χ1n) is 12.8. The maximum atomic E-state index is 13.5. The Morgan fingerprint density at radius 3 is 2.56 bits per heavy atom. The Morgan fingerprint density at radius 1 is 1.17 bits per heavy atom. The molecule has 36 heavy (non-hydrogen) atoms. The van der Waals surface area contributed by atoms with Crippen LogP contribution in [0.4, 0.5) is 0 Å². The predicted octanol–water partition coefficient (Wildman–Crippen LogP) is -0.493. The fourth-order valence-electron chi connectivity index (χ4n) is 5.22. The van der Waals surface area contributed by atoms with Crippen molar-refractivity contribution in [2.75, 3.05) is 59.6 Å². The summed E-state index contributed by atoms with van der Waals surface area (Å²) in [6.07, 6.45) is 1.53. The molecule has 0 bridgehead atoms. The lowest BCUT2D eigenvalue weighted by molar-refractivity contribution is -0.126. The molecule has 1 aromatic heterocycles. The molecule has 3 aliphatic heterocycles. The number of nitrogens with one attached hydrogen (secondary N) is 3. The normalized spacial score (nSPS) is 28.2. The van der Waals surface area contributed by atoms with Gasteiger partial charge in [-0.1, -0.05) is 13.8 Å². The minimum Gasteiger partial charge on any atom is -0.478 e. The lowest BCUT2D eigenvalue weighted by atomic mass is 9.96. The van der Waals surface area contributed by atoms with Gasteiger partial charge in [0.05, 0.1) is 31.0 Å². The summed E-state index contributed by atoms with van der Waals surface area (Å²) < 4.78 is 39.4. The van der Waals surface area contributed by atoms with E-state index in [9.17, 15) is 13.2 Å². The van der Waals surface area contributed by atoms with Crippen molar-refractivity contribution in [3.8, 4) is 5.88 Å². The number of hydrogen-bond donors (Lipinski definition) is 3. The van der Waals surface area contributed by atoms with Gasteiger partial charge in [-0.3, -0.25) is 10.1 Å². The Balaban J connectivity index is 1.61. The lowest BCUT2D eigenvalue weighted by Gasteiger charge is -2.36. The van der Waals surface area contributed by atoms with Crippen LogP contribution < -0.4 is 20.8 Å². The summed E-state index contributed by atoms with van der Waals surface area (Å²) in [7, 11) is -2.09. The van der Waals surface area contributed by atoms with Gasteiger partial charge in [0.25, 0.3) is 0 Å². The van der Waals surface area contributed by atoms with Gasteiger partial charge in [-0.25, -0.2) is 23.8 Å². The van der Waals surface area contributed by atoms with Gasteiger partial charge in [-0.05, 0) is 26.0 Å². The summed E-state index contributed by atoms with van der Waals surface area (Å²) >= 11 is 0. The number of aromatic nitrogens is 1. The van der Waals surface area contributed by atoms with E-state index in [1.54, 1.807) is 13.2 Å². The smallest absolute Gasteiger partial charge is 0.244 e. The molecular formula is C23H39N7O5S. The Kier molecular flexibility index (Phi) is 8.81. The number of fused-ring (bicyclic) bond motifs is 1. The molecule has 13 heteroatoms. The van der Waals surface area contributed by atoms with Gasteiger partial charge in [-0.2, -0.15) is 4.31 Å². The number of rotatable bonds is 10. The topological polar surface area (TPSA) is 128 Å². The van der Waals surface area contributed by atoms with E-state index in [4.69, 9.17) is 9.47 Å². The van der Waals surface area contributed by atoms with E-state index >= 15 is 0 Å². The van der Waals surface area contributed by atoms with E-state index in [0.29, 0.717) is 57.4 Å². The SMILES string of the molecule is CCOc1ncc(S(=O)(=O)N2CCN(CC)CC2)cc1C1NC(=O)C2NN(CCOC)C(CC)C2N1. The van der Waals surface area contributed by atoms with E-state index in [1.165, 1.54) is 10.5 Å². The summed E-state index contributed by atoms with van der Waals surface area (Å²) in [6.45, 7) is 10.7. The predicted molar refractivity (Wildman–Crippen MR) is 134 cm³/mol. The van der Waals surface area contributed by atoms with Gasteiger partial charge in [0.15, 0.2) is 0 Å². The number of likely N-dealkylation sites (N-methyl/N-ethyl adjacent to an activating group) is 1. The van der Waals surface area contributed by atoms with Crippen molar-refractivity contribution >= 4 is 15.9 Å². The lowest BCUT2D eigenvalue weighted by Crippen LogP contribution is -2.62. The van der Waals surface area contributed by atoms with Crippen LogP contribution in [0.1, 0.15) is 38.9 Å². The summed E-state index contributed by atoms with van der Waals surface area (Å²) in [5, 5.41) is 8.57. The van der Waals surface area contributed by atoms with E-state index in [2.05, 4.69) is 39.8 Å². The van der Waals surface area contributed by atoms with Crippen molar-refractivity contribution in [2.45, 2.75) is 56.4 Å². The molecule has 1 amide bonds. The van der Waals surface area contributed by atoms with Crippen molar-refractivity contribution in [3.05, 3.63) is 17.8 Å². The van der Waals surface area contributed by atoms with Crippen molar-refractivity contribution in [3.63, 3.8) is 0 Å². The van der Waals surface area contributed by atoms with Gasteiger partial charge in [0.1, 0.15) is 17.1 Å². The summed E-state index contributed by atoms with van der Waals surface area (Å²) in [5.41, 5.74) is 3.80. The second-order valence-corrected chi connectivity index (χ2v) is 11.2. The molecule has 0 radical (unpaired) electrons. The van der Waals surface area contributed by atoms with Crippen LogP contribution in [0.5, 0.6) is 5.88 Å². The molecule has 0 aromatic carbocycles. The van der Waals surface area contributed by atoms with Crippen molar-refractivity contribution < 1.29 is 22.7 Å². The Morgan fingerprint density at radius 2 is 1.92 bits per heavy atom. The highest BCUT2D eigenvalue weighted by molar-refractivity contribution is 7.89. The number of methoxy groups -OCH3 is 1. The number of amides is 1. The van der Waals surface area contributed by atoms with Crippen LogP contribution in [0.15, 0.2) is 17.2 Å². The van der Waals surface area contributed by atoms with Crippen molar-refractivity contribution in [1.29, 1.82) is 0 Å². The third-order valence-electron chi connectivity index (χ3n) is 7.22. The zero-order valence-corrected chi connectivity index (χ0v) is 22.4. The van der Waals surface area contributed by atoms with E-state index in [0.717, 1.165) is 13.0 Å². The second-order valence-electron chi connectivity index (χ2n) is 9.24. The van der Waals surface area contributed by atoms with Crippen LogP contribution in [-0.2, 0) is 19.6 Å². The molecule has 4 atom stereocenters. The average Bonchev–Trinajstić information content (AvgIpc) is 3.25. The Bertz CT molecular complexity index is 1020.